The summed E-state index contributed by atoms with van der Waals surface area (Å²) in [6.45, 7) is 2.80. The quantitative estimate of drug-likeness (QED) is 0.584. The molecule has 0 radical (unpaired) electrons. The molecule has 0 bridgehead atoms. The maximum absolute atomic E-state index is 8.52. The number of ether oxygens (including phenoxy) is 1. The molecule has 2 nitrogen and oxygen atoms in total. The number of benzene rings is 1. The van der Waals surface area contributed by atoms with Crippen molar-refractivity contribution in [3.8, 4) is 18.6 Å². The smallest absolute Gasteiger partial charge is 0.119 e. The minimum atomic E-state index is 0.186. The predicted molar refractivity (Wildman–Crippen MR) is 58.3 cm³/mol. The van der Waals surface area contributed by atoms with Crippen molar-refractivity contribution in [1.82, 2.24) is 0 Å². The maximum Gasteiger partial charge on any atom is 0.119 e. The van der Waals surface area contributed by atoms with Crippen LogP contribution in [0.2, 0.25) is 0 Å². The zero-order chi connectivity index (χ0) is 10.8. The summed E-state index contributed by atoms with van der Waals surface area (Å²) in [5.74, 6) is 0.878. The highest BCUT2D eigenvalue weighted by Crippen LogP contribution is 2.12. The lowest BCUT2D eigenvalue weighted by molar-refractivity contribution is 0.233. The van der Waals surface area contributed by atoms with E-state index in [1.165, 1.54) is 5.56 Å². The van der Waals surface area contributed by atoms with Gasteiger partial charge in [-0.15, -0.1) is 12.8 Å². The van der Waals surface area contributed by atoms with E-state index in [0.29, 0.717) is 13.0 Å². The van der Waals surface area contributed by atoms with Crippen molar-refractivity contribution < 1.29 is 9.84 Å². The molecule has 1 aromatic carbocycles. The first kappa shape index (κ1) is 12.5. The number of aliphatic hydroxyl groups is 1. The molecule has 0 amide bonds. The van der Waals surface area contributed by atoms with E-state index in [-0.39, 0.29) is 6.61 Å². The van der Waals surface area contributed by atoms with E-state index in [0.717, 1.165) is 5.75 Å². The summed E-state index contributed by atoms with van der Waals surface area (Å²) >= 11 is 0. The van der Waals surface area contributed by atoms with Crippen LogP contribution < -0.4 is 4.74 Å². The average Bonchev–Trinajstić information content (AvgIpc) is 2.21. The number of terminal acetylenes is 1. The number of aryl methyl sites for hydroxylation is 1. The van der Waals surface area contributed by atoms with E-state index < -0.39 is 0 Å². The SMILES string of the molecule is C#C.Cc1cccc(OCCCO)c1. The topological polar surface area (TPSA) is 29.5 Å². The predicted octanol–water partition coefficient (Wildman–Crippen LogP) is 2.01. The third-order valence-corrected chi connectivity index (χ3v) is 1.56. The molecular weight excluding hydrogens is 176 g/mol. The van der Waals surface area contributed by atoms with Gasteiger partial charge in [0.2, 0.25) is 0 Å². The van der Waals surface area contributed by atoms with Gasteiger partial charge in [0.05, 0.1) is 6.61 Å². The van der Waals surface area contributed by atoms with Crippen LogP contribution in [0.5, 0.6) is 5.75 Å². The molecule has 0 aliphatic heterocycles. The molecule has 1 N–H and O–H groups in total. The van der Waals surface area contributed by atoms with Gasteiger partial charge in [0.25, 0.3) is 0 Å². The Kier molecular flexibility index (Phi) is 7.30. The first-order chi connectivity index (χ1) is 6.83. The molecule has 1 rings (SSSR count). The van der Waals surface area contributed by atoms with Crippen LogP contribution >= 0.6 is 0 Å². The molecule has 0 fully saturated rings. The fraction of sp³-hybridized carbons (Fsp3) is 0.333. The molecule has 2 heteroatoms. The zero-order valence-electron chi connectivity index (χ0n) is 8.44. The van der Waals surface area contributed by atoms with Gasteiger partial charge >= 0.3 is 0 Å². The molecular formula is C12H16O2. The summed E-state index contributed by atoms with van der Waals surface area (Å²) in [6, 6.07) is 7.89. The monoisotopic (exact) mass is 192 g/mol. The Balaban J connectivity index is 0.000000791. The summed E-state index contributed by atoms with van der Waals surface area (Å²) < 4.78 is 5.37. The third kappa shape index (κ3) is 5.23. The number of hydrogen-bond acceptors (Lipinski definition) is 2. The van der Waals surface area contributed by atoms with Crippen molar-refractivity contribution in [2.75, 3.05) is 13.2 Å². The highest BCUT2D eigenvalue weighted by molar-refractivity contribution is 5.27. The first-order valence-electron chi connectivity index (χ1n) is 4.46. The minimum absolute atomic E-state index is 0.186. The molecule has 0 unspecified atom stereocenters. The number of hydrogen-bond donors (Lipinski definition) is 1. The second-order valence-electron chi connectivity index (χ2n) is 2.74. The number of rotatable bonds is 4. The summed E-state index contributed by atoms with van der Waals surface area (Å²) in [5, 5.41) is 8.52. The lowest BCUT2D eigenvalue weighted by Gasteiger charge is -2.04. The van der Waals surface area contributed by atoms with Gasteiger partial charge in [0, 0.05) is 13.0 Å². The summed E-state index contributed by atoms with van der Waals surface area (Å²) in [7, 11) is 0. The van der Waals surface area contributed by atoms with Gasteiger partial charge in [0.15, 0.2) is 0 Å². The van der Waals surface area contributed by atoms with Crippen molar-refractivity contribution in [3.05, 3.63) is 29.8 Å². The molecule has 0 aromatic heterocycles. The Hall–Kier alpha value is -1.46. The molecule has 0 saturated heterocycles. The Labute approximate surface area is 85.5 Å². The van der Waals surface area contributed by atoms with Crippen LogP contribution in [0.25, 0.3) is 0 Å². The first-order valence-corrected chi connectivity index (χ1v) is 4.46. The summed E-state index contributed by atoms with van der Waals surface area (Å²) in [6.07, 6.45) is 8.69. The van der Waals surface area contributed by atoms with E-state index in [2.05, 4.69) is 12.8 Å². The molecule has 1 aromatic rings. The van der Waals surface area contributed by atoms with Gasteiger partial charge in [-0.05, 0) is 24.6 Å². The van der Waals surface area contributed by atoms with Crippen molar-refractivity contribution >= 4 is 0 Å². The van der Waals surface area contributed by atoms with Crippen LogP contribution in [-0.2, 0) is 0 Å². The van der Waals surface area contributed by atoms with Crippen LogP contribution in [0.1, 0.15) is 12.0 Å². The zero-order valence-corrected chi connectivity index (χ0v) is 8.44. The second kappa shape index (κ2) is 8.15. The molecule has 0 spiro atoms. The highest BCUT2D eigenvalue weighted by Gasteiger charge is 1.92. The minimum Gasteiger partial charge on any atom is -0.493 e. The van der Waals surface area contributed by atoms with E-state index in [1.807, 2.05) is 31.2 Å². The van der Waals surface area contributed by atoms with Gasteiger partial charge < -0.3 is 9.84 Å². The van der Waals surface area contributed by atoms with Crippen LogP contribution in [0.15, 0.2) is 24.3 Å². The van der Waals surface area contributed by atoms with E-state index in [1.54, 1.807) is 0 Å². The fourth-order valence-electron chi connectivity index (χ4n) is 0.960. The Morgan fingerprint density at radius 2 is 2.07 bits per heavy atom. The summed E-state index contributed by atoms with van der Waals surface area (Å²) in [5.41, 5.74) is 1.19. The maximum atomic E-state index is 8.52. The van der Waals surface area contributed by atoms with Crippen LogP contribution in [-0.4, -0.2) is 18.3 Å². The molecule has 0 saturated carbocycles. The summed E-state index contributed by atoms with van der Waals surface area (Å²) in [4.78, 5) is 0. The fourth-order valence-corrected chi connectivity index (χ4v) is 0.960. The molecule has 0 heterocycles. The third-order valence-electron chi connectivity index (χ3n) is 1.56. The Morgan fingerprint density at radius 3 is 2.64 bits per heavy atom. The number of aliphatic hydroxyl groups excluding tert-OH is 1. The van der Waals surface area contributed by atoms with Crippen LogP contribution in [0, 0.1) is 19.8 Å². The normalized spacial score (nSPS) is 8.57. The lowest BCUT2D eigenvalue weighted by atomic mass is 10.2. The van der Waals surface area contributed by atoms with Gasteiger partial charge in [-0.2, -0.15) is 0 Å². The van der Waals surface area contributed by atoms with Crippen LogP contribution in [0.3, 0.4) is 0 Å². The average molecular weight is 192 g/mol. The van der Waals surface area contributed by atoms with Crippen molar-refractivity contribution in [3.63, 3.8) is 0 Å². The van der Waals surface area contributed by atoms with E-state index in [4.69, 9.17) is 9.84 Å². The van der Waals surface area contributed by atoms with E-state index in [9.17, 15) is 0 Å². The lowest BCUT2D eigenvalue weighted by Crippen LogP contribution is -1.99. The molecule has 14 heavy (non-hydrogen) atoms. The van der Waals surface area contributed by atoms with Crippen molar-refractivity contribution in [2.45, 2.75) is 13.3 Å². The van der Waals surface area contributed by atoms with Crippen molar-refractivity contribution in [2.24, 2.45) is 0 Å². The second-order valence-corrected chi connectivity index (χ2v) is 2.74. The molecule has 76 valence electrons. The molecule has 0 aliphatic carbocycles. The highest BCUT2D eigenvalue weighted by atomic mass is 16.5. The van der Waals surface area contributed by atoms with Gasteiger partial charge in [-0.3, -0.25) is 0 Å². The largest absolute Gasteiger partial charge is 0.493 e. The van der Waals surface area contributed by atoms with Gasteiger partial charge in [0.1, 0.15) is 5.75 Å². The van der Waals surface area contributed by atoms with Crippen LogP contribution in [0.4, 0.5) is 0 Å². The molecule has 0 aliphatic rings. The standard InChI is InChI=1S/C10H14O2.C2H2/c1-9-4-2-5-10(8-9)12-7-3-6-11;1-2/h2,4-5,8,11H,3,6-7H2,1H3;1-2H. The Morgan fingerprint density at radius 1 is 1.36 bits per heavy atom. The van der Waals surface area contributed by atoms with Gasteiger partial charge in [-0.25, -0.2) is 0 Å². The Bertz CT molecular complexity index is 266. The molecule has 0 atom stereocenters. The van der Waals surface area contributed by atoms with Crippen molar-refractivity contribution in [1.29, 1.82) is 0 Å². The van der Waals surface area contributed by atoms with E-state index >= 15 is 0 Å². The van der Waals surface area contributed by atoms with Gasteiger partial charge in [-0.1, -0.05) is 12.1 Å².